The first-order valence-electron chi connectivity index (χ1n) is 8.63. The van der Waals surface area contributed by atoms with Crippen molar-refractivity contribution in [2.75, 3.05) is 26.2 Å². The molecule has 0 unspecified atom stereocenters. The molecule has 1 atom stereocenters. The van der Waals surface area contributed by atoms with Gasteiger partial charge in [0.05, 0.1) is 15.4 Å². The highest BCUT2D eigenvalue weighted by Crippen LogP contribution is 2.41. The number of piperazine rings is 1. The zero-order valence-electron chi connectivity index (χ0n) is 14.9. The number of nitro benzene ring substituents is 1. The third-order valence-corrected chi connectivity index (χ3v) is 5.13. The minimum Gasteiger partial charge on any atom is -0.506 e. The number of hydrogen-bond acceptors (Lipinski definition) is 6. The molecule has 0 saturated carbocycles. The normalized spacial score (nSPS) is 16.4. The van der Waals surface area contributed by atoms with Crippen LogP contribution >= 0.6 is 15.9 Å². The maximum Gasteiger partial charge on any atom is 0.573 e. The van der Waals surface area contributed by atoms with Crippen LogP contribution in [0.1, 0.15) is 17.2 Å². The van der Waals surface area contributed by atoms with Crippen molar-refractivity contribution < 1.29 is 27.9 Å². The summed E-state index contributed by atoms with van der Waals surface area (Å²) in [6.07, 6.45) is -4.80. The van der Waals surface area contributed by atoms with Crippen molar-refractivity contribution in [3.05, 3.63) is 62.1 Å². The number of phenolic OH excluding ortho intramolecular Hbond substituents is 1. The Hall–Kier alpha value is -2.37. The minimum atomic E-state index is -4.80. The third-order valence-electron chi connectivity index (χ3n) is 4.53. The Morgan fingerprint density at radius 1 is 1.21 bits per heavy atom. The zero-order valence-corrected chi connectivity index (χ0v) is 16.5. The molecule has 2 aromatic carbocycles. The molecule has 1 saturated heterocycles. The van der Waals surface area contributed by atoms with Gasteiger partial charge in [-0.3, -0.25) is 15.0 Å². The van der Waals surface area contributed by atoms with Gasteiger partial charge in [-0.25, -0.2) is 0 Å². The lowest BCUT2D eigenvalue weighted by Crippen LogP contribution is -2.45. The van der Waals surface area contributed by atoms with Gasteiger partial charge >= 0.3 is 6.36 Å². The number of hydrogen-bond donors (Lipinski definition) is 2. The van der Waals surface area contributed by atoms with Crippen LogP contribution in [0.15, 0.2) is 40.9 Å². The van der Waals surface area contributed by atoms with Crippen molar-refractivity contribution in [1.82, 2.24) is 10.2 Å². The number of halogens is 4. The molecule has 1 heterocycles. The van der Waals surface area contributed by atoms with Gasteiger partial charge in [0.1, 0.15) is 11.5 Å². The molecular formula is C18H17BrF3N3O4. The largest absolute Gasteiger partial charge is 0.573 e. The van der Waals surface area contributed by atoms with Crippen molar-refractivity contribution in [3.63, 3.8) is 0 Å². The second-order valence-corrected chi connectivity index (χ2v) is 7.28. The van der Waals surface area contributed by atoms with Crippen LogP contribution in [-0.4, -0.2) is 47.5 Å². The topological polar surface area (TPSA) is 87.9 Å². The monoisotopic (exact) mass is 475 g/mol. The van der Waals surface area contributed by atoms with Crippen LogP contribution in [0.25, 0.3) is 0 Å². The molecule has 1 fully saturated rings. The molecule has 7 nitrogen and oxygen atoms in total. The molecule has 0 bridgehead atoms. The van der Waals surface area contributed by atoms with Crippen LogP contribution < -0.4 is 10.1 Å². The standard InChI is InChI=1S/C18H17BrF3N3O4/c19-15-10-12(25(27)28)9-14(17(15)26)16(24-7-5-23-6-8-24)11-1-3-13(4-2-11)29-18(20,21)22/h1-4,9-10,16,23,26H,5-8H2/t16-/m0/s1. The molecule has 0 radical (unpaired) electrons. The van der Waals surface area contributed by atoms with E-state index in [0.717, 1.165) is 0 Å². The van der Waals surface area contributed by atoms with E-state index < -0.39 is 17.3 Å². The van der Waals surface area contributed by atoms with Gasteiger partial charge in [-0.2, -0.15) is 0 Å². The number of non-ortho nitro benzene ring substituents is 1. The fourth-order valence-electron chi connectivity index (χ4n) is 3.30. The van der Waals surface area contributed by atoms with Crippen LogP contribution in [-0.2, 0) is 0 Å². The molecule has 3 rings (SSSR count). The van der Waals surface area contributed by atoms with Crippen molar-refractivity contribution in [2.24, 2.45) is 0 Å². The number of nitrogens with zero attached hydrogens (tertiary/aromatic N) is 2. The molecule has 1 aliphatic rings. The lowest BCUT2D eigenvalue weighted by atomic mass is 9.95. The summed E-state index contributed by atoms with van der Waals surface area (Å²) in [6, 6.07) is 7.18. The number of nitro groups is 1. The molecule has 2 N–H and O–H groups in total. The van der Waals surface area contributed by atoms with Crippen LogP contribution in [0.3, 0.4) is 0 Å². The highest BCUT2D eigenvalue weighted by Gasteiger charge is 2.32. The first-order valence-corrected chi connectivity index (χ1v) is 9.42. The molecule has 0 amide bonds. The van der Waals surface area contributed by atoms with E-state index in [1.807, 2.05) is 4.90 Å². The Bertz CT molecular complexity index is 887. The van der Waals surface area contributed by atoms with Gasteiger partial charge in [0.25, 0.3) is 5.69 Å². The van der Waals surface area contributed by atoms with Gasteiger partial charge < -0.3 is 15.2 Å². The van der Waals surface area contributed by atoms with Crippen LogP contribution in [0.5, 0.6) is 11.5 Å². The first-order chi connectivity index (χ1) is 13.7. The van der Waals surface area contributed by atoms with Crippen LogP contribution in [0.4, 0.5) is 18.9 Å². The Morgan fingerprint density at radius 2 is 1.83 bits per heavy atom. The summed E-state index contributed by atoms with van der Waals surface area (Å²) in [7, 11) is 0. The van der Waals surface area contributed by atoms with Gasteiger partial charge in [-0.15, -0.1) is 13.2 Å². The summed E-state index contributed by atoms with van der Waals surface area (Å²) >= 11 is 3.14. The van der Waals surface area contributed by atoms with Crippen molar-refractivity contribution in [1.29, 1.82) is 0 Å². The molecular weight excluding hydrogens is 459 g/mol. The lowest BCUT2D eigenvalue weighted by molar-refractivity contribution is -0.385. The zero-order chi connectivity index (χ0) is 21.2. The fourth-order valence-corrected chi connectivity index (χ4v) is 3.76. The maximum absolute atomic E-state index is 12.4. The molecule has 0 aliphatic carbocycles. The van der Waals surface area contributed by atoms with Gasteiger partial charge in [-0.05, 0) is 33.6 Å². The Kier molecular flexibility index (Phi) is 6.30. The SMILES string of the molecule is O=[N+]([O-])c1cc(Br)c(O)c([C@H](c2ccc(OC(F)(F)F)cc2)N2CCNCC2)c1. The number of nitrogens with one attached hydrogen (secondary N) is 1. The predicted molar refractivity (Wildman–Crippen MR) is 102 cm³/mol. The molecule has 0 spiro atoms. The van der Waals surface area contributed by atoms with E-state index in [0.29, 0.717) is 31.7 Å². The van der Waals surface area contributed by atoms with Crippen LogP contribution in [0.2, 0.25) is 0 Å². The number of benzene rings is 2. The first kappa shape index (κ1) is 21.3. The second-order valence-electron chi connectivity index (χ2n) is 6.43. The van der Waals surface area contributed by atoms with E-state index in [4.69, 9.17) is 0 Å². The van der Waals surface area contributed by atoms with E-state index in [9.17, 15) is 28.4 Å². The number of aromatic hydroxyl groups is 1. The van der Waals surface area contributed by atoms with Gasteiger partial charge in [0.2, 0.25) is 0 Å². The summed E-state index contributed by atoms with van der Waals surface area (Å²) in [5, 5.41) is 25.1. The van der Waals surface area contributed by atoms with E-state index >= 15 is 0 Å². The minimum absolute atomic E-state index is 0.158. The van der Waals surface area contributed by atoms with Gasteiger partial charge in [0.15, 0.2) is 0 Å². The Balaban J connectivity index is 2.05. The molecule has 2 aromatic rings. The predicted octanol–water partition coefficient (Wildman–Crippen LogP) is 3.96. The third kappa shape index (κ3) is 5.17. The smallest absolute Gasteiger partial charge is 0.506 e. The Morgan fingerprint density at radius 3 is 2.38 bits per heavy atom. The summed E-state index contributed by atoms with van der Waals surface area (Å²) in [4.78, 5) is 12.7. The number of alkyl halides is 3. The highest BCUT2D eigenvalue weighted by atomic mass is 79.9. The second kappa shape index (κ2) is 8.56. The number of ether oxygens (including phenoxy) is 1. The summed E-state index contributed by atoms with van der Waals surface area (Å²) < 4.78 is 41.4. The molecule has 0 aromatic heterocycles. The van der Waals surface area contributed by atoms with E-state index in [-0.39, 0.29) is 27.2 Å². The van der Waals surface area contributed by atoms with Gasteiger partial charge in [-0.1, -0.05) is 12.1 Å². The maximum atomic E-state index is 12.4. The quantitative estimate of drug-likeness (QED) is 0.502. The van der Waals surface area contributed by atoms with Crippen molar-refractivity contribution in [2.45, 2.75) is 12.4 Å². The number of phenols is 1. The van der Waals surface area contributed by atoms with Crippen molar-refractivity contribution in [3.8, 4) is 11.5 Å². The van der Waals surface area contributed by atoms with Crippen molar-refractivity contribution >= 4 is 21.6 Å². The Labute approximate surface area is 172 Å². The molecule has 29 heavy (non-hydrogen) atoms. The average Bonchev–Trinajstić information content (AvgIpc) is 2.66. The van der Waals surface area contributed by atoms with E-state index in [1.54, 1.807) is 0 Å². The average molecular weight is 476 g/mol. The fraction of sp³-hybridized carbons (Fsp3) is 0.333. The summed E-state index contributed by atoms with van der Waals surface area (Å²) in [6.45, 7) is 2.52. The lowest BCUT2D eigenvalue weighted by Gasteiger charge is -2.36. The summed E-state index contributed by atoms with van der Waals surface area (Å²) in [5.41, 5.74) is 0.656. The number of rotatable bonds is 5. The van der Waals surface area contributed by atoms with Gasteiger partial charge in [0, 0.05) is 43.9 Å². The van der Waals surface area contributed by atoms with E-state index in [1.165, 1.54) is 36.4 Å². The molecule has 1 aliphatic heterocycles. The highest BCUT2D eigenvalue weighted by molar-refractivity contribution is 9.10. The molecule has 156 valence electrons. The summed E-state index contributed by atoms with van der Waals surface area (Å²) in [5.74, 6) is -0.528. The molecule has 11 heteroatoms. The van der Waals surface area contributed by atoms with Crippen LogP contribution in [0, 0.1) is 10.1 Å². The van der Waals surface area contributed by atoms with E-state index in [2.05, 4.69) is 26.0 Å².